The van der Waals surface area contributed by atoms with E-state index in [9.17, 15) is 15.0 Å². The van der Waals surface area contributed by atoms with Gasteiger partial charge in [0, 0.05) is 18.7 Å². The van der Waals surface area contributed by atoms with Crippen molar-refractivity contribution >= 4 is 5.91 Å². The fourth-order valence-corrected chi connectivity index (χ4v) is 2.33. The minimum absolute atomic E-state index is 0.103. The number of phenols is 1. The van der Waals surface area contributed by atoms with E-state index in [1.807, 2.05) is 37.3 Å². The first-order valence-corrected chi connectivity index (χ1v) is 7.82. The second-order valence-corrected chi connectivity index (χ2v) is 5.73. The maximum atomic E-state index is 12.8. The summed E-state index contributed by atoms with van der Waals surface area (Å²) in [5.74, 6) is -0.0943. The lowest BCUT2D eigenvalue weighted by atomic mass is 10.1. The minimum Gasteiger partial charge on any atom is -0.508 e. The van der Waals surface area contributed by atoms with Crippen LogP contribution in [0.25, 0.3) is 0 Å². The summed E-state index contributed by atoms with van der Waals surface area (Å²) < 4.78 is 0. The number of carbonyl (C=O) groups is 1. The molecule has 0 aromatic heterocycles. The Bertz CT molecular complexity index is 655. The van der Waals surface area contributed by atoms with Gasteiger partial charge in [0.15, 0.2) is 0 Å². The van der Waals surface area contributed by atoms with E-state index in [1.165, 1.54) is 6.07 Å². The molecule has 0 bridgehead atoms. The summed E-state index contributed by atoms with van der Waals surface area (Å²) in [4.78, 5) is 14.4. The van der Waals surface area contributed by atoms with Gasteiger partial charge in [0.1, 0.15) is 5.75 Å². The number of phenolic OH excluding ortho intramolecular Hbond substituents is 1. The summed E-state index contributed by atoms with van der Waals surface area (Å²) in [5.41, 5.74) is 2.15. The van der Waals surface area contributed by atoms with Gasteiger partial charge in [0.2, 0.25) is 0 Å². The van der Waals surface area contributed by atoms with Crippen LogP contribution in [0.3, 0.4) is 0 Å². The van der Waals surface area contributed by atoms with Crippen molar-refractivity contribution in [2.75, 3.05) is 6.54 Å². The molecule has 0 saturated heterocycles. The Hall–Kier alpha value is -2.33. The normalized spacial score (nSPS) is 12.0. The van der Waals surface area contributed by atoms with Gasteiger partial charge in [-0.15, -0.1) is 0 Å². The molecule has 2 rings (SSSR count). The number of rotatable bonds is 6. The van der Waals surface area contributed by atoms with Crippen molar-refractivity contribution in [3.8, 4) is 5.75 Å². The highest BCUT2D eigenvalue weighted by Crippen LogP contribution is 2.20. The molecule has 122 valence electrons. The Balaban J connectivity index is 2.24. The van der Waals surface area contributed by atoms with E-state index < -0.39 is 6.10 Å². The molecule has 1 atom stereocenters. The van der Waals surface area contributed by atoms with E-state index in [0.29, 0.717) is 18.5 Å². The molecule has 0 fully saturated rings. The van der Waals surface area contributed by atoms with Crippen molar-refractivity contribution in [2.24, 2.45) is 0 Å². The van der Waals surface area contributed by atoms with Gasteiger partial charge in [-0.05, 0) is 36.6 Å². The zero-order valence-electron chi connectivity index (χ0n) is 13.6. The smallest absolute Gasteiger partial charge is 0.254 e. The Kier molecular flexibility index (Phi) is 5.77. The molecule has 0 aliphatic carbocycles. The van der Waals surface area contributed by atoms with Gasteiger partial charge >= 0.3 is 0 Å². The SMILES string of the molecule is CCC(O)CN(Cc1ccccc1)C(=O)c1ccc(C)c(O)c1. The lowest BCUT2D eigenvalue weighted by molar-refractivity contribution is 0.0598. The molecule has 4 heteroatoms. The first kappa shape index (κ1) is 17.0. The lowest BCUT2D eigenvalue weighted by Gasteiger charge is -2.25. The lowest BCUT2D eigenvalue weighted by Crippen LogP contribution is -2.36. The molecule has 2 N–H and O–H groups in total. The third kappa shape index (κ3) is 4.57. The molecule has 2 aromatic rings. The van der Waals surface area contributed by atoms with Crippen LogP contribution in [0.1, 0.15) is 34.8 Å². The highest BCUT2D eigenvalue weighted by atomic mass is 16.3. The van der Waals surface area contributed by atoms with Crippen molar-refractivity contribution in [2.45, 2.75) is 32.9 Å². The maximum absolute atomic E-state index is 12.8. The summed E-state index contributed by atoms with van der Waals surface area (Å²) in [6.45, 7) is 4.35. The van der Waals surface area contributed by atoms with Gasteiger partial charge in [-0.2, -0.15) is 0 Å². The number of hydrogen-bond acceptors (Lipinski definition) is 3. The standard InChI is InChI=1S/C19H23NO3/c1-3-17(21)13-20(12-15-7-5-4-6-8-15)19(23)16-10-9-14(2)18(22)11-16/h4-11,17,21-22H,3,12-13H2,1-2H3. The molecule has 0 heterocycles. The largest absolute Gasteiger partial charge is 0.508 e. The number of carbonyl (C=O) groups excluding carboxylic acids is 1. The number of hydrogen-bond donors (Lipinski definition) is 2. The third-order valence-electron chi connectivity index (χ3n) is 3.86. The Morgan fingerprint density at radius 3 is 2.48 bits per heavy atom. The number of nitrogens with zero attached hydrogens (tertiary/aromatic N) is 1. The van der Waals surface area contributed by atoms with Gasteiger partial charge in [0.05, 0.1) is 6.10 Å². The average Bonchev–Trinajstić information content (AvgIpc) is 2.57. The fourth-order valence-electron chi connectivity index (χ4n) is 2.33. The Morgan fingerprint density at radius 2 is 1.87 bits per heavy atom. The minimum atomic E-state index is -0.568. The van der Waals surface area contributed by atoms with Crippen LogP contribution in [-0.2, 0) is 6.54 Å². The second-order valence-electron chi connectivity index (χ2n) is 5.73. The summed E-state index contributed by atoms with van der Waals surface area (Å²) in [7, 11) is 0. The number of aliphatic hydroxyl groups is 1. The first-order valence-electron chi connectivity index (χ1n) is 7.82. The van der Waals surface area contributed by atoms with Crippen LogP contribution >= 0.6 is 0 Å². The van der Waals surface area contributed by atoms with Crippen LogP contribution in [0.2, 0.25) is 0 Å². The van der Waals surface area contributed by atoms with Crippen LogP contribution in [0, 0.1) is 6.92 Å². The molecule has 0 saturated carbocycles. The van der Waals surface area contributed by atoms with Crippen molar-refractivity contribution in [3.63, 3.8) is 0 Å². The summed E-state index contributed by atoms with van der Waals surface area (Å²) in [6.07, 6.45) is 0.0132. The van der Waals surface area contributed by atoms with Crippen molar-refractivity contribution in [1.82, 2.24) is 4.90 Å². The van der Waals surface area contributed by atoms with E-state index in [-0.39, 0.29) is 18.2 Å². The average molecular weight is 313 g/mol. The Morgan fingerprint density at radius 1 is 1.17 bits per heavy atom. The van der Waals surface area contributed by atoms with E-state index >= 15 is 0 Å². The third-order valence-corrected chi connectivity index (χ3v) is 3.86. The van der Waals surface area contributed by atoms with Crippen molar-refractivity contribution in [3.05, 3.63) is 65.2 Å². The molecule has 23 heavy (non-hydrogen) atoms. The molecule has 0 radical (unpaired) electrons. The van der Waals surface area contributed by atoms with Gasteiger partial charge in [-0.1, -0.05) is 43.3 Å². The van der Waals surface area contributed by atoms with E-state index in [4.69, 9.17) is 0 Å². The number of aryl methyl sites for hydroxylation is 1. The molecule has 0 aliphatic rings. The topological polar surface area (TPSA) is 60.8 Å². The number of aliphatic hydroxyl groups excluding tert-OH is 1. The molecular formula is C19H23NO3. The van der Waals surface area contributed by atoms with Gasteiger partial charge in [0.25, 0.3) is 5.91 Å². The molecule has 1 amide bonds. The molecule has 0 spiro atoms. The molecular weight excluding hydrogens is 290 g/mol. The number of benzene rings is 2. The summed E-state index contributed by atoms with van der Waals surface area (Å²) >= 11 is 0. The zero-order chi connectivity index (χ0) is 16.8. The van der Waals surface area contributed by atoms with Crippen LogP contribution < -0.4 is 0 Å². The zero-order valence-corrected chi connectivity index (χ0v) is 13.6. The summed E-state index contributed by atoms with van der Waals surface area (Å²) in [5, 5.41) is 19.8. The monoisotopic (exact) mass is 313 g/mol. The molecule has 1 unspecified atom stereocenters. The molecule has 0 aliphatic heterocycles. The van der Waals surface area contributed by atoms with Gasteiger partial charge in [-0.3, -0.25) is 4.79 Å². The van der Waals surface area contributed by atoms with Gasteiger partial charge in [-0.25, -0.2) is 0 Å². The van der Waals surface area contributed by atoms with Gasteiger partial charge < -0.3 is 15.1 Å². The molecule has 2 aromatic carbocycles. The van der Waals surface area contributed by atoms with Crippen LogP contribution in [0.15, 0.2) is 48.5 Å². The van der Waals surface area contributed by atoms with E-state index in [2.05, 4.69) is 0 Å². The summed E-state index contributed by atoms with van der Waals surface area (Å²) in [6, 6.07) is 14.6. The van der Waals surface area contributed by atoms with E-state index in [0.717, 1.165) is 11.1 Å². The predicted molar refractivity (Wildman–Crippen MR) is 90.3 cm³/mol. The highest BCUT2D eigenvalue weighted by Gasteiger charge is 2.19. The van der Waals surface area contributed by atoms with Crippen molar-refractivity contribution in [1.29, 1.82) is 0 Å². The van der Waals surface area contributed by atoms with Crippen molar-refractivity contribution < 1.29 is 15.0 Å². The van der Waals surface area contributed by atoms with E-state index in [1.54, 1.807) is 24.0 Å². The number of aromatic hydroxyl groups is 1. The van der Waals surface area contributed by atoms with Crippen LogP contribution in [0.5, 0.6) is 5.75 Å². The predicted octanol–water partition coefficient (Wildman–Crippen LogP) is 3.11. The van der Waals surface area contributed by atoms with Crippen LogP contribution in [-0.4, -0.2) is 33.7 Å². The first-order chi connectivity index (χ1) is 11.0. The Labute approximate surface area is 137 Å². The number of amides is 1. The molecule has 4 nitrogen and oxygen atoms in total. The van der Waals surface area contributed by atoms with Crippen LogP contribution in [0.4, 0.5) is 0 Å². The maximum Gasteiger partial charge on any atom is 0.254 e. The fraction of sp³-hybridized carbons (Fsp3) is 0.316. The highest BCUT2D eigenvalue weighted by molar-refractivity contribution is 5.94. The quantitative estimate of drug-likeness (QED) is 0.861. The second kappa shape index (κ2) is 7.79.